The highest BCUT2D eigenvalue weighted by atomic mass is 79.9. The first-order chi connectivity index (χ1) is 9.56. The van der Waals surface area contributed by atoms with Crippen molar-refractivity contribution in [3.8, 4) is 0 Å². The van der Waals surface area contributed by atoms with E-state index in [0.29, 0.717) is 19.6 Å². The van der Waals surface area contributed by atoms with Crippen LogP contribution in [0.3, 0.4) is 0 Å². The van der Waals surface area contributed by atoms with Crippen molar-refractivity contribution in [1.82, 2.24) is 9.80 Å². The van der Waals surface area contributed by atoms with Crippen molar-refractivity contribution >= 4 is 45.2 Å². The minimum atomic E-state index is 0.0138. The summed E-state index contributed by atoms with van der Waals surface area (Å²) in [6.07, 6.45) is 4.29. The van der Waals surface area contributed by atoms with Gasteiger partial charge in [0.1, 0.15) is 0 Å². The van der Waals surface area contributed by atoms with Crippen LogP contribution in [0.2, 0.25) is 0 Å². The number of hydrogen-bond acceptors (Lipinski definition) is 3. The first-order valence-corrected chi connectivity index (χ1v) is 8.15. The molecule has 1 fully saturated rings. The Morgan fingerprint density at radius 3 is 2.55 bits per heavy atom. The Morgan fingerprint density at radius 1 is 1.20 bits per heavy atom. The van der Waals surface area contributed by atoms with E-state index in [0.717, 1.165) is 21.6 Å². The smallest absolute Gasteiger partial charge is 0.246 e. The lowest BCUT2D eigenvalue weighted by Crippen LogP contribution is -2.35. The molecule has 0 aliphatic carbocycles. The van der Waals surface area contributed by atoms with E-state index in [4.69, 9.17) is 0 Å². The lowest BCUT2D eigenvalue weighted by Gasteiger charge is -2.20. The molecule has 0 aromatic carbocycles. The fourth-order valence-electron chi connectivity index (χ4n) is 2.13. The van der Waals surface area contributed by atoms with Gasteiger partial charge < -0.3 is 9.80 Å². The van der Waals surface area contributed by atoms with Gasteiger partial charge in [-0.1, -0.05) is 0 Å². The second kappa shape index (κ2) is 7.04. The molecule has 0 saturated carbocycles. The highest BCUT2D eigenvalue weighted by Crippen LogP contribution is 2.23. The van der Waals surface area contributed by atoms with Crippen molar-refractivity contribution in [3.63, 3.8) is 0 Å². The topological polar surface area (TPSA) is 40.6 Å². The van der Waals surface area contributed by atoms with E-state index >= 15 is 0 Å². The summed E-state index contributed by atoms with van der Waals surface area (Å²) in [6, 6.07) is 3.93. The maximum atomic E-state index is 12.1. The normalized spacial score (nSPS) is 16.5. The number of hydrogen-bond donors (Lipinski definition) is 0. The molecule has 6 heteroatoms. The molecule has 2 rings (SSSR count). The summed E-state index contributed by atoms with van der Waals surface area (Å²) >= 11 is 4.99. The summed E-state index contributed by atoms with van der Waals surface area (Å²) in [5.74, 6) is 0.0956. The summed E-state index contributed by atoms with van der Waals surface area (Å²) in [7, 11) is 0. The molecule has 1 aliphatic heterocycles. The van der Waals surface area contributed by atoms with E-state index < -0.39 is 0 Å². The zero-order valence-electron chi connectivity index (χ0n) is 11.3. The molecule has 2 heterocycles. The lowest BCUT2D eigenvalue weighted by molar-refractivity contribution is -0.130. The highest BCUT2D eigenvalue weighted by Gasteiger charge is 2.18. The molecule has 0 spiro atoms. The first kappa shape index (κ1) is 15.3. The quantitative estimate of drug-likeness (QED) is 0.764. The minimum Gasteiger partial charge on any atom is -0.341 e. The molecule has 1 saturated heterocycles. The molecule has 20 heavy (non-hydrogen) atoms. The SMILES string of the molecule is CC(=O)N1CCCN(C(=O)/C=C/c2ccc(Br)s2)CC1. The third kappa shape index (κ3) is 4.18. The fraction of sp³-hybridized carbons (Fsp3) is 0.429. The van der Waals surface area contributed by atoms with Gasteiger partial charge in [-0.2, -0.15) is 0 Å². The zero-order valence-corrected chi connectivity index (χ0v) is 13.7. The Labute approximate surface area is 131 Å². The molecule has 1 aromatic heterocycles. The fourth-order valence-corrected chi connectivity index (χ4v) is 3.46. The average Bonchev–Trinajstić information content (AvgIpc) is 2.68. The molecule has 108 valence electrons. The molecule has 0 radical (unpaired) electrons. The third-order valence-corrected chi connectivity index (χ3v) is 4.83. The van der Waals surface area contributed by atoms with Gasteiger partial charge in [0.15, 0.2) is 0 Å². The second-order valence-electron chi connectivity index (χ2n) is 4.66. The molecule has 1 aliphatic rings. The van der Waals surface area contributed by atoms with Crippen LogP contribution in [0.4, 0.5) is 0 Å². The van der Waals surface area contributed by atoms with Crippen molar-refractivity contribution < 1.29 is 9.59 Å². The Hall–Kier alpha value is -1.14. The average molecular weight is 357 g/mol. The second-order valence-corrected chi connectivity index (χ2v) is 7.15. The molecule has 2 amide bonds. The van der Waals surface area contributed by atoms with E-state index in [1.165, 1.54) is 0 Å². The van der Waals surface area contributed by atoms with Crippen molar-refractivity contribution in [2.75, 3.05) is 26.2 Å². The predicted molar refractivity (Wildman–Crippen MR) is 84.5 cm³/mol. The van der Waals surface area contributed by atoms with Crippen LogP contribution in [-0.2, 0) is 9.59 Å². The molecule has 0 atom stereocenters. The van der Waals surface area contributed by atoms with Crippen LogP contribution in [0, 0.1) is 0 Å². The van der Waals surface area contributed by atoms with Gasteiger partial charge in [0.05, 0.1) is 3.79 Å². The Morgan fingerprint density at radius 2 is 1.90 bits per heavy atom. The van der Waals surface area contributed by atoms with Gasteiger partial charge >= 0.3 is 0 Å². The zero-order chi connectivity index (χ0) is 14.5. The number of halogens is 1. The van der Waals surface area contributed by atoms with Gasteiger partial charge in [-0.05, 0) is 40.6 Å². The van der Waals surface area contributed by atoms with Gasteiger partial charge in [-0.15, -0.1) is 11.3 Å². The first-order valence-electron chi connectivity index (χ1n) is 6.54. The van der Waals surface area contributed by atoms with E-state index in [9.17, 15) is 9.59 Å². The van der Waals surface area contributed by atoms with Crippen LogP contribution in [0.5, 0.6) is 0 Å². The summed E-state index contributed by atoms with van der Waals surface area (Å²) in [5, 5.41) is 0. The van der Waals surface area contributed by atoms with Gasteiger partial charge in [0.2, 0.25) is 11.8 Å². The molecular formula is C14H17BrN2O2S. The van der Waals surface area contributed by atoms with Crippen LogP contribution in [0.25, 0.3) is 6.08 Å². The Balaban J connectivity index is 1.92. The lowest BCUT2D eigenvalue weighted by atomic mass is 10.3. The van der Waals surface area contributed by atoms with Crippen molar-refractivity contribution in [1.29, 1.82) is 0 Å². The Bertz CT molecular complexity index is 527. The van der Waals surface area contributed by atoms with Crippen LogP contribution >= 0.6 is 27.3 Å². The van der Waals surface area contributed by atoms with Crippen molar-refractivity contribution in [3.05, 3.63) is 26.9 Å². The monoisotopic (exact) mass is 356 g/mol. The molecule has 4 nitrogen and oxygen atoms in total. The summed E-state index contributed by atoms with van der Waals surface area (Å²) in [4.78, 5) is 28.1. The number of carbonyl (C=O) groups excluding carboxylic acids is 2. The van der Waals surface area contributed by atoms with E-state index in [1.54, 1.807) is 29.2 Å². The largest absolute Gasteiger partial charge is 0.341 e. The van der Waals surface area contributed by atoms with Crippen molar-refractivity contribution in [2.24, 2.45) is 0 Å². The maximum Gasteiger partial charge on any atom is 0.246 e. The van der Waals surface area contributed by atoms with Gasteiger partial charge in [0.25, 0.3) is 0 Å². The highest BCUT2D eigenvalue weighted by molar-refractivity contribution is 9.11. The number of rotatable bonds is 2. The summed E-state index contributed by atoms with van der Waals surface area (Å²) < 4.78 is 1.05. The molecule has 0 bridgehead atoms. The third-order valence-electron chi connectivity index (χ3n) is 3.24. The number of carbonyl (C=O) groups is 2. The minimum absolute atomic E-state index is 0.0138. The molecule has 0 N–H and O–H groups in total. The van der Waals surface area contributed by atoms with Crippen LogP contribution in [0.1, 0.15) is 18.2 Å². The van der Waals surface area contributed by atoms with Gasteiger partial charge in [-0.25, -0.2) is 0 Å². The summed E-state index contributed by atoms with van der Waals surface area (Å²) in [6.45, 7) is 4.25. The van der Waals surface area contributed by atoms with E-state index in [-0.39, 0.29) is 11.8 Å². The van der Waals surface area contributed by atoms with E-state index in [1.807, 2.05) is 23.1 Å². The molecule has 1 aromatic rings. The van der Waals surface area contributed by atoms with Crippen LogP contribution in [0.15, 0.2) is 22.0 Å². The number of thiophene rings is 1. The molecule has 0 unspecified atom stereocenters. The predicted octanol–water partition coefficient (Wildman–Crippen LogP) is 2.60. The Kier molecular flexibility index (Phi) is 5.37. The van der Waals surface area contributed by atoms with Gasteiger partial charge in [0, 0.05) is 44.1 Å². The van der Waals surface area contributed by atoms with Gasteiger partial charge in [-0.3, -0.25) is 9.59 Å². The maximum absolute atomic E-state index is 12.1. The van der Waals surface area contributed by atoms with Crippen molar-refractivity contribution in [2.45, 2.75) is 13.3 Å². The van der Waals surface area contributed by atoms with Crippen LogP contribution in [-0.4, -0.2) is 47.8 Å². The molecular weight excluding hydrogens is 340 g/mol. The summed E-state index contributed by atoms with van der Waals surface area (Å²) in [5.41, 5.74) is 0. The van der Waals surface area contributed by atoms with Crippen LogP contribution < -0.4 is 0 Å². The number of amides is 2. The van der Waals surface area contributed by atoms with E-state index in [2.05, 4.69) is 15.9 Å². The standard InChI is InChI=1S/C14H17BrN2O2S/c1-11(18)16-7-2-8-17(10-9-16)14(19)6-4-12-3-5-13(15)20-12/h3-6H,2,7-10H2,1H3/b6-4+. The number of nitrogens with zero attached hydrogens (tertiary/aromatic N) is 2.